The monoisotopic (exact) mass is 189 g/mol. The summed E-state index contributed by atoms with van der Waals surface area (Å²) in [5.74, 6) is 0. The Morgan fingerprint density at radius 3 is 2.71 bits per heavy atom. The average molecular weight is 189 g/mol. The van der Waals surface area contributed by atoms with Crippen molar-refractivity contribution in [1.29, 1.82) is 0 Å². The van der Waals surface area contributed by atoms with Crippen LogP contribution in [0.2, 0.25) is 0 Å². The number of benzene rings is 1. The van der Waals surface area contributed by atoms with Crippen LogP contribution in [0.1, 0.15) is 50.2 Å². The van der Waals surface area contributed by atoms with Gasteiger partial charge in [-0.05, 0) is 25.3 Å². The molecule has 0 fully saturated rings. The van der Waals surface area contributed by atoms with Crippen LogP contribution in [-0.4, -0.2) is 0 Å². The Morgan fingerprint density at radius 2 is 2.00 bits per heavy atom. The molecule has 0 heterocycles. The molecule has 0 bridgehead atoms. The molecule has 0 saturated carbocycles. The Kier molecular flexibility index (Phi) is 5.36. The fourth-order valence-corrected chi connectivity index (χ4v) is 1.64. The summed E-state index contributed by atoms with van der Waals surface area (Å²) in [6.07, 6.45) is 8.98. The second-order valence-electron chi connectivity index (χ2n) is 3.97. The quantitative estimate of drug-likeness (QED) is 0.577. The first kappa shape index (κ1) is 11.3. The van der Waals surface area contributed by atoms with Gasteiger partial charge in [0.1, 0.15) is 0 Å². The average Bonchev–Trinajstić information content (AvgIpc) is 2.18. The van der Waals surface area contributed by atoms with Gasteiger partial charge in [0.2, 0.25) is 0 Å². The van der Waals surface area contributed by atoms with Gasteiger partial charge >= 0.3 is 0 Å². The van der Waals surface area contributed by atoms with E-state index in [0.29, 0.717) is 0 Å². The zero-order valence-electron chi connectivity index (χ0n) is 9.42. The van der Waals surface area contributed by atoms with Crippen LogP contribution in [-0.2, 0) is 0 Å². The second-order valence-corrected chi connectivity index (χ2v) is 3.97. The van der Waals surface area contributed by atoms with Gasteiger partial charge in [-0.1, -0.05) is 62.4 Å². The maximum absolute atomic E-state index is 2.35. The van der Waals surface area contributed by atoms with E-state index in [2.05, 4.69) is 44.5 Å². The summed E-state index contributed by atoms with van der Waals surface area (Å²) in [6, 6.07) is 8.72. The maximum atomic E-state index is 2.35. The van der Waals surface area contributed by atoms with Crippen molar-refractivity contribution in [3.63, 3.8) is 0 Å². The topological polar surface area (TPSA) is 0 Å². The fourth-order valence-electron chi connectivity index (χ4n) is 1.64. The van der Waals surface area contributed by atoms with Crippen molar-refractivity contribution in [2.24, 2.45) is 0 Å². The molecule has 1 rings (SSSR count). The molecule has 77 valence electrons. The molecule has 0 aliphatic rings. The molecule has 0 heteroatoms. The molecule has 14 heavy (non-hydrogen) atoms. The lowest BCUT2D eigenvalue weighted by Crippen LogP contribution is -1.84. The van der Waals surface area contributed by atoms with Gasteiger partial charge in [0, 0.05) is 0 Å². The molecular formula is C14H21. The van der Waals surface area contributed by atoms with Crippen LogP contribution in [0.4, 0.5) is 0 Å². The van der Waals surface area contributed by atoms with Crippen molar-refractivity contribution in [3.05, 3.63) is 41.8 Å². The van der Waals surface area contributed by atoms with E-state index in [4.69, 9.17) is 0 Å². The Bertz CT molecular complexity index is 250. The fraction of sp³-hybridized carbons (Fsp3) is 0.500. The van der Waals surface area contributed by atoms with Gasteiger partial charge in [-0.3, -0.25) is 0 Å². The van der Waals surface area contributed by atoms with E-state index >= 15 is 0 Å². The van der Waals surface area contributed by atoms with Gasteiger partial charge < -0.3 is 0 Å². The number of aryl methyl sites for hydroxylation is 1. The van der Waals surface area contributed by atoms with E-state index < -0.39 is 0 Å². The molecule has 1 aromatic carbocycles. The van der Waals surface area contributed by atoms with Gasteiger partial charge in [-0.25, -0.2) is 0 Å². The second kappa shape index (κ2) is 6.64. The molecule has 0 aliphatic carbocycles. The highest BCUT2D eigenvalue weighted by molar-refractivity contribution is 5.27. The molecule has 0 aliphatic heterocycles. The lowest BCUT2D eigenvalue weighted by molar-refractivity contribution is 0.665. The van der Waals surface area contributed by atoms with Gasteiger partial charge in [0.15, 0.2) is 0 Å². The van der Waals surface area contributed by atoms with E-state index in [9.17, 15) is 0 Å². The number of unbranched alkanes of at least 4 members (excludes halogenated alkanes) is 4. The largest absolute Gasteiger partial charge is 0.0654 e. The highest BCUT2D eigenvalue weighted by atomic mass is 14.0. The van der Waals surface area contributed by atoms with E-state index in [1.165, 1.54) is 43.2 Å². The molecule has 0 N–H and O–H groups in total. The van der Waals surface area contributed by atoms with Crippen molar-refractivity contribution >= 4 is 0 Å². The minimum absolute atomic E-state index is 1.23. The van der Waals surface area contributed by atoms with Gasteiger partial charge in [-0.2, -0.15) is 0 Å². The molecule has 1 aromatic rings. The summed E-state index contributed by atoms with van der Waals surface area (Å²) < 4.78 is 0. The molecule has 0 atom stereocenters. The SMILES string of the molecule is CCCCCC[CH]c1cccc(C)c1. The molecular weight excluding hydrogens is 168 g/mol. The summed E-state index contributed by atoms with van der Waals surface area (Å²) in [6.45, 7) is 4.40. The first-order chi connectivity index (χ1) is 6.83. The highest BCUT2D eigenvalue weighted by Crippen LogP contribution is 2.12. The molecule has 0 aromatic heterocycles. The van der Waals surface area contributed by atoms with Crippen LogP contribution in [0.15, 0.2) is 24.3 Å². The van der Waals surface area contributed by atoms with Crippen LogP contribution in [0.5, 0.6) is 0 Å². The molecule has 0 amide bonds. The van der Waals surface area contributed by atoms with Gasteiger partial charge in [-0.15, -0.1) is 0 Å². The minimum atomic E-state index is 1.23. The zero-order valence-corrected chi connectivity index (χ0v) is 9.42. The summed E-state index contributed by atoms with van der Waals surface area (Å²) in [5.41, 5.74) is 2.73. The zero-order chi connectivity index (χ0) is 10.2. The number of rotatable bonds is 6. The first-order valence-electron chi connectivity index (χ1n) is 5.73. The summed E-state index contributed by atoms with van der Waals surface area (Å²) in [7, 11) is 0. The Hall–Kier alpha value is -0.780. The van der Waals surface area contributed by atoms with E-state index in [1.54, 1.807) is 0 Å². The van der Waals surface area contributed by atoms with Crippen molar-refractivity contribution < 1.29 is 0 Å². The third kappa shape index (κ3) is 4.45. The van der Waals surface area contributed by atoms with Gasteiger partial charge in [0.05, 0.1) is 0 Å². The molecule has 0 nitrogen and oxygen atoms in total. The van der Waals surface area contributed by atoms with Crippen LogP contribution < -0.4 is 0 Å². The molecule has 0 spiro atoms. The van der Waals surface area contributed by atoms with Crippen molar-refractivity contribution in [3.8, 4) is 0 Å². The van der Waals surface area contributed by atoms with Crippen molar-refractivity contribution in [1.82, 2.24) is 0 Å². The smallest absolute Gasteiger partial charge is 0.00930 e. The normalized spacial score (nSPS) is 10.4. The Balaban J connectivity index is 2.18. The summed E-state index contributed by atoms with van der Waals surface area (Å²) in [4.78, 5) is 0. The third-order valence-corrected chi connectivity index (χ3v) is 2.48. The minimum Gasteiger partial charge on any atom is -0.0654 e. The molecule has 0 saturated heterocycles. The first-order valence-corrected chi connectivity index (χ1v) is 5.73. The maximum Gasteiger partial charge on any atom is -0.00930 e. The van der Waals surface area contributed by atoms with E-state index in [-0.39, 0.29) is 0 Å². The van der Waals surface area contributed by atoms with Crippen LogP contribution in [0.3, 0.4) is 0 Å². The lowest BCUT2D eigenvalue weighted by Gasteiger charge is -2.02. The predicted octanol–water partition coefficient (Wildman–Crippen LogP) is 4.52. The molecule has 1 radical (unpaired) electrons. The van der Waals surface area contributed by atoms with Gasteiger partial charge in [0.25, 0.3) is 0 Å². The number of hydrogen-bond acceptors (Lipinski definition) is 0. The summed E-state index contributed by atoms with van der Waals surface area (Å²) in [5, 5.41) is 0. The Labute approximate surface area is 88.4 Å². The highest BCUT2D eigenvalue weighted by Gasteiger charge is 1.94. The third-order valence-electron chi connectivity index (χ3n) is 2.48. The number of hydrogen-bond donors (Lipinski definition) is 0. The lowest BCUT2D eigenvalue weighted by atomic mass is 10.0. The summed E-state index contributed by atoms with van der Waals surface area (Å²) >= 11 is 0. The van der Waals surface area contributed by atoms with E-state index in [0.717, 1.165) is 0 Å². The van der Waals surface area contributed by atoms with Crippen LogP contribution in [0.25, 0.3) is 0 Å². The van der Waals surface area contributed by atoms with Crippen molar-refractivity contribution in [2.45, 2.75) is 46.0 Å². The molecule has 0 unspecified atom stereocenters. The Morgan fingerprint density at radius 1 is 1.14 bits per heavy atom. The van der Waals surface area contributed by atoms with Crippen LogP contribution in [0, 0.1) is 13.3 Å². The van der Waals surface area contributed by atoms with Crippen molar-refractivity contribution in [2.75, 3.05) is 0 Å². The standard InChI is InChI=1S/C14H21/c1-3-4-5-6-7-10-14-11-8-9-13(2)12-14/h8-12H,3-7H2,1-2H3. The van der Waals surface area contributed by atoms with E-state index in [1.807, 2.05) is 0 Å². The van der Waals surface area contributed by atoms with Crippen LogP contribution >= 0.6 is 0 Å². The predicted molar refractivity (Wildman–Crippen MR) is 63.3 cm³/mol.